The first-order valence-electron chi connectivity index (χ1n) is 5.27. The summed E-state index contributed by atoms with van der Waals surface area (Å²) < 4.78 is 0.655. The molecule has 1 aromatic carbocycles. The first kappa shape index (κ1) is 10.9. The van der Waals surface area contributed by atoms with Crippen LogP contribution in [0, 0.1) is 6.92 Å². The number of hydrogen-bond donors (Lipinski definition) is 0. The average Bonchev–Trinajstić information content (AvgIpc) is 2.23. The van der Waals surface area contributed by atoms with Crippen molar-refractivity contribution in [2.45, 2.75) is 24.2 Å². The van der Waals surface area contributed by atoms with Crippen molar-refractivity contribution in [3.63, 3.8) is 0 Å². The maximum atomic E-state index is 2.53. The van der Waals surface area contributed by atoms with Gasteiger partial charge in [0.2, 0.25) is 0 Å². The largest absolute Gasteiger partial charge is 0.0826 e. The molecule has 15 heavy (non-hydrogen) atoms. The van der Waals surface area contributed by atoms with Crippen molar-refractivity contribution in [3.8, 4) is 0 Å². The Morgan fingerprint density at radius 1 is 1.20 bits per heavy atom. The number of aryl methyl sites for hydroxylation is 1. The van der Waals surface area contributed by atoms with Crippen LogP contribution in [0.4, 0.5) is 0 Å². The van der Waals surface area contributed by atoms with Crippen LogP contribution in [0.15, 0.2) is 42.0 Å². The van der Waals surface area contributed by atoms with Crippen molar-refractivity contribution < 1.29 is 0 Å². The Balaban J connectivity index is 2.52. The van der Waals surface area contributed by atoms with E-state index in [1.807, 2.05) is 0 Å². The van der Waals surface area contributed by atoms with Crippen LogP contribution in [0.3, 0.4) is 0 Å². The minimum absolute atomic E-state index is 0.655. The molecule has 1 heteroatoms. The van der Waals surface area contributed by atoms with Crippen LogP contribution in [0.5, 0.6) is 0 Å². The summed E-state index contributed by atoms with van der Waals surface area (Å²) in [7, 11) is 0. The highest BCUT2D eigenvalue weighted by Gasteiger charge is 2.14. The summed E-state index contributed by atoms with van der Waals surface area (Å²) in [5.41, 5.74) is 5.67. The molecular formula is C14H15I. The molecule has 78 valence electrons. The monoisotopic (exact) mass is 310 g/mol. The summed E-state index contributed by atoms with van der Waals surface area (Å²) in [6.45, 7) is 4.43. The molecule has 0 nitrogen and oxygen atoms in total. The second-order valence-electron chi connectivity index (χ2n) is 4.02. The molecule has 0 amide bonds. The van der Waals surface area contributed by atoms with Crippen LogP contribution in [0.1, 0.15) is 24.5 Å². The maximum Gasteiger partial charge on any atom is 0.0359 e. The first-order valence-corrected chi connectivity index (χ1v) is 6.52. The molecule has 0 radical (unpaired) electrons. The zero-order chi connectivity index (χ0) is 10.8. The van der Waals surface area contributed by atoms with Gasteiger partial charge in [0.05, 0.1) is 0 Å². The van der Waals surface area contributed by atoms with E-state index in [0.29, 0.717) is 3.92 Å². The molecule has 2 rings (SSSR count). The number of halogens is 1. The van der Waals surface area contributed by atoms with Gasteiger partial charge in [0.25, 0.3) is 0 Å². The summed E-state index contributed by atoms with van der Waals surface area (Å²) >= 11 is 2.53. The van der Waals surface area contributed by atoms with E-state index in [-0.39, 0.29) is 0 Å². The topological polar surface area (TPSA) is 0 Å². The van der Waals surface area contributed by atoms with E-state index in [4.69, 9.17) is 0 Å². The van der Waals surface area contributed by atoms with Crippen molar-refractivity contribution in [3.05, 3.63) is 53.1 Å². The molecule has 1 aliphatic rings. The molecular weight excluding hydrogens is 295 g/mol. The first-order chi connectivity index (χ1) is 7.20. The van der Waals surface area contributed by atoms with E-state index in [1.165, 1.54) is 28.7 Å². The van der Waals surface area contributed by atoms with E-state index >= 15 is 0 Å². The molecule has 0 heterocycles. The predicted molar refractivity (Wildman–Crippen MR) is 75.3 cm³/mol. The SMILES string of the molecule is CC1=C(c2ccccc2C)C=CC[C@H]1I. The van der Waals surface area contributed by atoms with Gasteiger partial charge >= 0.3 is 0 Å². The van der Waals surface area contributed by atoms with Gasteiger partial charge in [-0.2, -0.15) is 0 Å². The predicted octanol–water partition coefficient (Wildman–Crippen LogP) is 4.53. The van der Waals surface area contributed by atoms with Gasteiger partial charge in [-0.25, -0.2) is 0 Å². The molecule has 0 saturated heterocycles. The Kier molecular flexibility index (Phi) is 3.29. The Morgan fingerprint density at radius 2 is 1.93 bits per heavy atom. The van der Waals surface area contributed by atoms with Crippen molar-refractivity contribution >= 4 is 28.2 Å². The zero-order valence-corrected chi connectivity index (χ0v) is 11.3. The molecule has 0 saturated carbocycles. The Labute approximate surface area is 105 Å². The number of benzene rings is 1. The quantitative estimate of drug-likeness (QED) is 0.528. The fourth-order valence-electron chi connectivity index (χ4n) is 1.96. The molecule has 0 fully saturated rings. The Morgan fingerprint density at radius 3 is 2.67 bits per heavy atom. The second-order valence-corrected chi connectivity index (χ2v) is 5.52. The lowest BCUT2D eigenvalue weighted by Gasteiger charge is -2.19. The highest BCUT2D eigenvalue weighted by atomic mass is 127. The second kappa shape index (κ2) is 4.52. The Hall–Kier alpha value is -0.570. The smallest absolute Gasteiger partial charge is 0.0359 e. The van der Waals surface area contributed by atoms with Gasteiger partial charge in [0, 0.05) is 3.92 Å². The number of allylic oxidation sites excluding steroid dienone is 4. The van der Waals surface area contributed by atoms with Crippen molar-refractivity contribution in [1.29, 1.82) is 0 Å². The van der Waals surface area contributed by atoms with Gasteiger partial charge in [-0.1, -0.05) is 64.6 Å². The summed E-state index contributed by atoms with van der Waals surface area (Å²) in [5, 5.41) is 0. The Bertz CT molecular complexity index is 427. The minimum Gasteiger partial charge on any atom is -0.0826 e. The van der Waals surface area contributed by atoms with Crippen LogP contribution in [0.2, 0.25) is 0 Å². The van der Waals surface area contributed by atoms with Crippen LogP contribution in [-0.2, 0) is 0 Å². The molecule has 0 bridgehead atoms. The molecule has 1 aromatic rings. The molecule has 0 unspecified atom stereocenters. The van der Waals surface area contributed by atoms with Crippen molar-refractivity contribution in [2.24, 2.45) is 0 Å². The number of hydrogen-bond acceptors (Lipinski definition) is 0. The summed E-state index contributed by atoms with van der Waals surface area (Å²) in [5.74, 6) is 0. The van der Waals surface area contributed by atoms with Gasteiger partial charge in [-0.3, -0.25) is 0 Å². The van der Waals surface area contributed by atoms with Gasteiger partial charge in [-0.15, -0.1) is 0 Å². The summed E-state index contributed by atoms with van der Waals surface area (Å²) in [4.78, 5) is 0. The van der Waals surface area contributed by atoms with Crippen LogP contribution in [-0.4, -0.2) is 3.92 Å². The highest BCUT2D eigenvalue weighted by molar-refractivity contribution is 14.1. The fraction of sp³-hybridized carbons (Fsp3) is 0.286. The van der Waals surface area contributed by atoms with E-state index in [2.05, 4.69) is 72.9 Å². The lowest BCUT2D eigenvalue weighted by molar-refractivity contribution is 1.02. The minimum atomic E-state index is 0.655. The third-order valence-electron chi connectivity index (χ3n) is 2.96. The molecule has 0 spiro atoms. The standard InChI is InChI=1S/C14H15I/c1-10-6-3-4-7-12(10)13-8-5-9-14(15)11(13)2/h3-8,14H,9H2,1-2H3/t14-/m1/s1. The van der Waals surface area contributed by atoms with Crippen LogP contribution >= 0.6 is 22.6 Å². The van der Waals surface area contributed by atoms with Gasteiger partial charge in [-0.05, 0) is 37.0 Å². The van der Waals surface area contributed by atoms with E-state index in [1.54, 1.807) is 0 Å². The lowest BCUT2D eigenvalue weighted by atomic mass is 9.91. The van der Waals surface area contributed by atoms with Gasteiger partial charge in [0.15, 0.2) is 0 Å². The third-order valence-corrected chi connectivity index (χ3v) is 4.40. The van der Waals surface area contributed by atoms with Crippen molar-refractivity contribution in [1.82, 2.24) is 0 Å². The normalized spacial score (nSPS) is 20.9. The zero-order valence-electron chi connectivity index (χ0n) is 9.13. The van der Waals surface area contributed by atoms with E-state index in [0.717, 1.165) is 0 Å². The fourth-order valence-corrected chi connectivity index (χ4v) is 2.59. The van der Waals surface area contributed by atoms with E-state index < -0.39 is 0 Å². The summed E-state index contributed by atoms with van der Waals surface area (Å²) in [6.07, 6.45) is 5.72. The molecule has 0 N–H and O–H groups in total. The average molecular weight is 310 g/mol. The molecule has 1 atom stereocenters. The number of alkyl halides is 1. The van der Waals surface area contributed by atoms with Crippen molar-refractivity contribution in [2.75, 3.05) is 0 Å². The van der Waals surface area contributed by atoms with Gasteiger partial charge < -0.3 is 0 Å². The van der Waals surface area contributed by atoms with Gasteiger partial charge in [0.1, 0.15) is 0 Å². The maximum absolute atomic E-state index is 2.53. The summed E-state index contributed by atoms with van der Waals surface area (Å²) in [6, 6.07) is 8.61. The highest BCUT2D eigenvalue weighted by Crippen LogP contribution is 2.32. The van der Waals surface area contributed by atoms with Crippen LogP contribution < -0.4 is 0 Å². The molecule has 1 aliphatic carbocycles. The lowest BCUT2D eigenvalue weighted by Crippen LogP contribution is -2.05. The van der Waals surface area contributed by atoms with E-state index in [9.17, 15) is 0 Å². The van der Waals surface area contributed by atoms with Crippen LogP contribution in [0.25, 0.3) is 5.57 Å². The molecule has 0 aromatic heterocycles. The molecule has 0 aliphatic heterocycles. The number of rotatable bonds is 1. The third kappa shape index (κ3) is 2.17.